The lowest BCUT2D eigenvalue weighted by Gasteiger charge is -2.30. The summed E-state index contributed by atoms with van der Waals surface area (Å²) in [5, 5.41) is 2.86. The van der Waals surface area contributed by atoms with E-state index in [9.17, 15) is 13.2 Å². The van der Waals surface area contributed by atoms with Crippen LogP contribution in [-0.2, 0) is 23.0 Å². The third-order valence-electron chi connectivity index (χ3n) is 5.21. The summed E-state index contributed by atoms with van der Waals surface area (Å²) in [6.45, 7) is 1.76. The molecule has 1 aliphatic heterocycles. The highest BCUT2D eigenvalue weighted by Gasteiger charge is 2.28. The van der Waals surface area contributed by atoms with E-state index in [0.29, 0.717) is 18.7 Å². The van der Waals surface area contributed by atoms with Gasteiger partial charge in [-0.05, 0) is 55.2 Å². The SMILES string of the molecule is O=C(NCCCn1ccnc1)c1ccc(S(=O)(=O)N2CCCc3ccccc32)cc1. The van der Waals surface area contributed by atoms with Crippen molar-refractivity contribution in [3.63, 3.8) is 0 Å². The third-order valence-corrected chi connectivity index (χ3v) is 7.04. The van der Waals surface area contributed by atoms with Crippen LogP contribution in [0, 0.1) is 0 Å². The van der Waals surface area contributed by atoms with Crippen LogP contribution < -0.4 is 9.62 Å². The molecule has 0 radical (unpaired) electrons. The highest BCUT2D eigenvalue weighted by Crippen LogP contribution is 2.31. The number of benzene rings is 2. The molecule has 0 fully saturated rings. The fraction of sp³-hybridized carbons (Fsp3) is 0.273. The van der Waals surface area contributed by atoms with E-state index in [0.717, 1.165) is 37.1 Å². The maximum Gasteiger partial charge on any atom is 0.264 e. The van der Waals surface area contributed by atoms with E-state index in [-0.39, 0.29) is 10.8 Å². The molecule has 0 saturated heterocycles. The van der Waals surface area contributed by atoms with Crippen molar-refractivity contribution in [2.75, 3.05) is 17.4 Å². The molecule has 2 heterocycles. The van der Waals surface area contributed by atoms with Crippen molar-refractivity contribution >= 4 is 21.6 Å². The van der Waals surface area contributed by atoms with Gasteiger partial charge >= 0.3 is 0 Å². The lowest BCUT2D eigenvalue weighted by molar-refractivity contribution is 0.0952. The van der Waals surface area contributed by atoms with Gasteiger partial charge in [-0.1, -0.05) is 18.2 Å². The minimum absolute atomic E-state index is 0.191. The maximum atomic E-state index is 13.2. The second kappa shape index (κ2) is 8.71. The van der Waals surface area contributed by atoms with Gasteiger partial charge in [0.1, 0.15) is 0 Å². The van der Waals surface area contributed by atoms with E-state index in [2.05, 4.69) is 10.3 Å². The van der Waals surface area contributed by atoms with Crippen molar-refractivity contribution in [2.24, 2.45) is 0 Å². The van der Waals surface area contributed by atoms with Crippen molar-refractivity contribution in [3.8, 4) is 0 Å². The first kappa shape index (κ1) is 20.2. The first-order chi connectivity index (χ1) is 14.6. The number of nitrogens with zero attached hydrogens (tertiary/aromatic N) is 3. The fourth-order valence-corrected chi connectivity index (χ4v) is 5.18. The zero-order valence-corrected chi connectivity index (χ0v) is 17.4. The number of fused-ring (bicyclic) bond motifs is 1. The molecule has 0 atom stereocenters. The quantitative estimate of drug-likeness (QED) is 0.591. The predicted octanol–water partition coefficient (Wildman–Crippen LogP) is 2.84. The van der Waals surface area contributed by atoms with Gasteiger partial charge in [0.25, 0.3) is 15.9 Å². The molecule has 3 aromatic rings. The highest BCUT2D eigenvalue weighted by molar-refractivity contribution is 7.92. The number of imidazole rings is 1. The van der Waals surface area contributed by atoms with Crippen LogP contribution in [0.5, 0.6) is 0 Å². The fourth-order valence-electron chi connectivity index (χ4n) is 3.64. The van der Waals surface area contributed by atoms with E-state index < -0.39 is 10.0 Å². The smallest absolute Gasteiger partial charge is 0.264 e. The summed E-state index contributed by atoms with van der Waals surface area (Å²) < 4.78 is 29.8. The van der Waals surface area contributed by atoms with Crippen LogP contribution in [-0.4, -0.2) is 37.0 Å². The maximum absolute atomic E-state index is 13.2. The molecule has 0 aliphatic carbocycles. The van der Waals surface area contributed by atoms with E-state index in [4.69, 9.17) is 0 Å². The second-order valence-corrected chi connectivity index (χ2v) is 9.11. The van der Waals surface area contributed by atoms with Gasteiger partial charge < -0.3 is 9.88 Å². The summed E-state index contributed by atoms with van der Waals surface area (Å²) in [6.07, 6.45) is 7.78. The molecule has 30 heavy (non-hydrogen) atoms. The van der Waals surface area contributed by atoms with Gasteiger partial charge in [0.05, 0.1) is 16.9 Å². The molecule has 2 aromatic carbocycles. The van der Waals surface area contributed by atoms with E-state index in [1.807, 2.05) is 35.0 Å². The molecule has 4 rings (SSSR count). The van der Waals surface area contributed by atoms with Gasteiger partial charge in [0.2, 0.25) is 0 Å². The van der Waals surface area contributed by atoms with Gasteiger partial charge in [-0.3, -0.25) is 9.10 Å². The molecule has 7 nitrogen and oxygen atoms in total. The molecular formula is C22H24N4O3S. The highest BCUT2D eigenvalue weighted by atomic mass is 32.2. The summed E-state index contributed by atoms with van der Waals surface area (Å²) >= 11 is 0. The lowest BCUT2D eigenvalue weighted by atomic mass is 10.0. The van der Waals surface area contributed by atoms with Crippen molar-refractivity contribution in [3.05, 3.63) is 78.4 Å². The number of sulfonamides is 1. The molecule has 0 saturated carbocycles. The number of carbonyl (C=O) groups excluding carboxylic acids is 1. The average molecular weight is 425 g/mol. The Morgan fingerprint density at radius 2 is 1.90 bits per heavy atom. The second-order valence-electron chi connectivity index (χ2n) is 7.24. The van der Waals surface area contributed by atoms with Crippen molar-refractivity contribution in [2.45, 2.75) is 30.7 Å². The van der Waals surface area contributed by atoms with Crippen LogP contribution in [0.1, 0.15) is 28.8 Å². The predicted molar refractivity (Wildman–Crippen MR) is 115 cm³/mol. The van der Waals surface area contributed by atoms with E-state index >= 15 is 0 Å². The zero-order valence-electron chi connectivity index (χ0n) is 16.6. The Morgan fingerprint density at radius 3 is 2.67 bits per heavy atom. The van der Waals surface area contributed by atoms with Gasteiger partial charge in [0.15, 0.2) is 0 Å². The lowest BCUT2D eigenvalue weighted by Crippen LogP contribution is -2.35. The molecule has 0 spiro atoms. The summed E-state index contributed by atoms with van der Waals surface area (Å²) in [5.74, 6) is -0.215. The Morgan fingerprint density at radius 1 is 1.10 bits per heavy atom. The topological polar surface area (TPSA) is 84.3 Å². The Balaban J connectivity index is 1.41. The number of para-hydroxylation sites is 1. The number of anilines is 1. The van der Waals surface area contributed by atoms with Crippen LogP contribution in [0.4, 0.5) is 5.69 Å². The number of amides is 1. The molecule has 1 amide bonds. The number of nitrogens with one attached hydrogen (secondary N) is 1. The Hall–Kier alpha value is -3.13. The van der Waals surface area contributed by atoms with Crippen LogP contribution in [0.2, 0.25) is 0 Å². The largest absolute Gasteiger partial charge is 0.352 e. The third kappa shape index (κ3) is 4.23. The Bertz CT molecular complexity index is 1110. The molecule has 156 valence electrons. The number of aromatic nitrogens is 2. The minimum Gasteiger partial charge on any atom is -0.352 e. The van der Waals surface area contributed by atoms with Gasteiger partial charge in [-0.25, -0.2) is 13.4 Å². The normalized spacial score (nSPS) is 13.7. The van der Waals surface area contributed by atoms with Gasteiger partial charge in [0, 0.05) is 37.6 Å². The monoisotopic (exact) mass is 424 g/mol. The molecule has 8 heteroatoms. The molecular weight excluding hydrogens is 400 g/mol. The molecule has 1 aliphatic rings. The summed E-state index contributed by atoms with van der Waals surface area (Å²) in [5.41, 5.74) is 2.22. The van der Waals surface area contributed by atoms with Crippen LogP contribution in [0.15, 0.2) is 72.1 Å². The number of rotatable bonds is 7. The standard InChI is InChI=1S/C22H24N4O3S/c27-22(24-12-4-14-25-16-13-23-17-25)19-8-10-20(11-9-19)30(28,29)26-15-3-6-18-5-1-2-7-21(18)26/h1-2,5,7-11,13,16-17H,3-4,6,12,14-15H2,(H,24,27). The molecule has 1 aromatic heterocycles. The van der Waals surface area contributed by atoms with Crippen molar-refractivity contribution < 1.29 is 13.2 Å². The number of aryl methyl sites for hydroxylation is 2. The number of hydrogen-bond donors (Lipinski definition) is 1. The van der Waals surface area contributed by atoms with E-state index in [1.165, 1.54) is 16.4 Å². The molecule has 0 bridgehead atoms. The van der Waals surface area contributed by atoms with Crippen molar-refractivity contribution in [1.82, 2.24) is 14.9 Å². The Labute approximate surface area is 176 Å². The van der Waals surface area contributed by atoms with Crippen LogP contribution in [0.3, 0.4) is 0 Å². The van der Waals surface area contributed by atoms with Crippen LogP contribution >= 0.6 is 0 Å². The van der Waals surface area contributed by atoms with Crippen LogP contribution in [0.25, 0.3) is 0 Å². The van der Waals surface area contributed by atoms with Gasteiger partial charge in [-0.2, -0.15) is 0 Å². The number of hydrogen-bond acceptors (Lipinski definition) is 4. The summed E-state index contributed by atoms with van der Waals surface area (Å²) in [6, 6.07) is 13.7. The summed E-state index contributed by atoms with van der Waals surface area (Å²) in [4.78, 5) is 16.5. The van der Waals surface area contributed by atoms with Crippen molar-refractivity contribution in [1.29, 1.82) is 0 Å². The number of carbonyl (C=O) groups is 1. The minimum atomic E-state index is -3.67. The first-order valence-electron chi connectivity index (χ1n) is 10.0. The van der Waals surface area contributed by atoms with Gasteiger partial charge in [-0.15, -0.1) is 0 Å². The molecule has 0 unspecified atom stereocenters. The zero-order chi connectivity index (χ0) is 21.0. The Kier molecular flexibility index (Phi) is 5.85. The first-order valence-corrected chi connectivity index (χ1v) is 11.4. The summed E-state index contributed by atoms with van der Waals surface area (Å²) in [7, 11) is -3.67. The average Bonchev–Trinajstić information content (AvgIpc) is 3.30. The van der Waals surface area contributed by atoms with E-state index in [1.54, 1.807) is 24.7 Å². The molecule has 1 N–H and O–H groups in total.